The maximum Gasteiger partial charge on any atom is 0.208 e. The van der Waals surface area contributed by atoms with Gasteiger partial charge in [0.1, 0.15) is 0 Å². The Bertz CT molecular complexity index is 565. The molecule has 0 saturated heterocycles. The normalized spacial score (nSPS) is 12.7. The van der Waals surface area contributed by atoms with Gasteiger partial charge >= 0.3 is 0 Å². The second-order valence-electron chi connectivity index (χ2n) is 5.64. The minimum Gasteiger partial charge on any atom is -0.356 e. The highest BCUT2D eigenvalue weighted by Gasteiger charge is 2.27. The van der Waals surface area contributed by atoms with Crippen molar-refractivity contribution in [3.63, 3.8) is 0 Å². The molecule has 19 heavy (non-hydrogen) atoms. The molecular formula is C14H17BN2O2. The lowest BCUT2D eigenvalue weighted by Gasteiger charge is -2.19. The highest BCUT2D eigenvalue weighted by atomic mass is 16.5. The Hall–Kier alpha value is -1.59. The summed E-state index contributed by atoms with van der Waals surface area (Å²) in [5.74, 6) is -2.49. The zero-order valence-electron chi connectivity index (χ0n) is 11.3. The van der Waals surface area contributed by atoms with Gasteiger partial charge in [-0.3, -0.25) is 0 Å². The molecule has 1 heterocycles. The Balaban J connectivity index is 2.63. The molecule has 0 spiro atoms. The fourth-order valence-corrected chi connectivity index (χ4v) is 1.93. The van der Waals surface area contributed by atoms with E-state index in [-0.39, 0.29) is 5.41 Å². The van der Waals surface area contributed by atoms with Crippen LogP contribution in [0.4, 0.5) is 0 Å². The fourth-order valence-electron chi connectivity index (χ4n) is 1.93. The Morgan fingerprint density at radius 1 is 1.11 bits per heavy atom. The van der Waals surface area contributed by atoms with Crippen LogP contribution in [0.2, 0.25) is 0 Å². The summed E-state index contributed by atoms with van der Waals surface area (Å²) in [6.07, 6.45) is 1.55. The van der Waals surface area contributed by atoms with E-state index in [0.29, 0.717) is 0 Å². The van der Waals surface area contributed by atoms with Gasteiger partial charge in [-0.15, -0.1) is 0 Å². The molecule has 0 fully saturated rings. The third-order valence-electron chi connectivity index (χ3n) is 2.85. The summed E-state index contributed by atoms with van der Waals surface area (Å²) in [5, 5.41) is 23.2. The van der Waals surface area contributed by atoms with Crippen LogP contribution in [0.5, 0.6) is 0 Å². The minimum atomic E-state index is -2.49. The molecule has 0 unspecified atom stereocenters. The third-order valence-corrected chi connectivity index (χ3v) is 2.85. The first-order valence-electron chi connectivity index (χ1n) is 6.09. The van der Waals surface area contributed by atoms with E-state index in [4.69, 9.17) is 7.85 Å². The molecule has 0 atom stereocenters. The Morgan fingerprint density at radius 2 is 1.68 bits per heavy atom. The number of hydrogen-bond donors (Lipinski definition) is 2. The van der Waals surface area contributed by atoms with Gasteiger partial charge in [-0.2, -0.15) is 5.10 Å². The lowest BCUT2D eigenvalue weighted by atomic mass is 9.87. The van der Waals surface area contributed by atoms with E-state index in [1.54, 1.807) is 6.20 Å². The molecule has 1 aromatic carbocycles. The van der Waals surface area contributed by atoms with Crippen molar-refractivity contribution in [3.05, 3.63) is 42.2 Å². The average Bonchev–Trinajstić information content (AvgIpc) is 2.74. The first kappa shape index (κ1) is 13.8. The second-order valence-corrected chi connectivity index (χ2v) is 5.64. The van der Waals surface area contributed by atoms with E-state index in [1.165, 1.54) is 0 Å². The first-order chi connectivity index (χ1) is 8.69. The van der Waals surface area contributed by atoms with Gasteiger partial charge in [0.25, 0.3) is 0 Å². The van der Waals surface area contributed by atoms with Gasteiger partial charge in [0.15, 0.2) is 7.85 Å². The molecule has 0 aliphatic carbocycles. The molecule has 98 valence electrons. The molecule has 5 heteroatoms. The van der Waals surface area contributed by atoms with E-state index in [9.17, 15) is 10.2 Å². The molecule has 0 saturated carbocycles. The van der Waals surface area contributed by atoms with Crippen LogP contribution in [0.15, 0.2) is 36.5 Å². The van der Waals surface area contributed by atoms with Crippen LogP contribution >= 0.6 is 0 Å². The first-order valence-corrected chi connectivity index (χ1v) is 6.09. The predicted octanol–water partition coefficient (Wildman–Crippen LogP) is 1.57. The van der Waals surface area contributed by atoms with E-state index in [2.05, 4.69) is 5.10 Å². The zero-order valence-corrected chi connectivity index (χ0v) is 11.3. The van der Waals surface area contributed by atoms with Crippen LogP contribution in [0, 0.1) is 0 Å². The SMILES string of the molecule is [B]C(O)(O)n1cc(-c2ccccc2)c(C(C)(C)C)n1. The number of aliphatic hydroxyl groups is 2. The zero-order chi connectivity index (χ0) is 14.3. The Labute approximate surface area is 114 Å². The van der Waals surface area contributed by atoms with Crippen molar-refractivity contribution in [1.29, 1.82) is 0 Å². The minimum absolute atomic E-state index is 0.234. The van der Waals surface area contributed by atoms with Crippen molar-refractivity contribution in [2.45, 2.75) is 32.0 Å². The number of benzene rings is 1. The van der Waals surface area contributed by atoms with Crippen LogP contribution in [0.25, 0.3) is 11.1 Å². The van der Waals surface area contributed by atoms with Crippen LogP contribution in [-0.2, 0) is 11.2 Å². The van der Waals surface area contributed by atoms with Gasteiger partial charge < -0.3 is 10.2 Å². The molecule has 0 aliphatic rings. The van der Waals surface area contributed by atoms with Crippen molar-refractivity contribution < 1.29 is 10.2 Å². The van der Waals surface area contributed by atoms with Crippen LogP contribution in [0.1, 0.15) is 26.5 Å². The van der Waals surface area contributed by atoms with Gasteiger partial charge in [-0.05, 0) is 5.56 Å². The molecule has 2 N–H and O–H groups in total. The lowest BCUT2D eigenvalue weighted by Crippen LogP contribution is -2.34. The smallest absolute Gasteiger partial charge is 0.208 e. The van der Waals surface area contributed by atoms with Crippen molar-refractivity contribution in [2.75, 3.05) is 0 Å². The monoisotopic (exact) mass is 256 g/mol. The Kier molecular flexibility index (Phi) is 3.28. The molecular weight excluding hydrogens is 239 g/mol. The number of rotatable bonds is 2. The summed E-state index contributed by atoms with van der Waals surface area (Å²) in [6.45, 7) is 6.04. The molecule has 2 radical (unpaired) electrons. The molecule has 0 aliphatic heterocycles. The average molecular weight is 256 g/mol. The summed E-state index contributed by atoms with van der Waals surface area (Å²) >= 11 is 0. The fraction of sp³-hybridized carbons (Fsp3) is 0.357. The highest BCUT2D eigenvalue weighted by molar-refractivity contribution is 6.11. The number of hydrogen-bond acceptors (Lipinski definition) is 3. The summed E-state index contributed by atoms with van der Waals surface area (Å²) < 4.78 is 0.968. The van der Waals surface area contributed by atoms with Crippen molar-refractivity contribution in [1.82, 2.24) is 9.78 Å². The molecule has 1 aromatic heterocycles. The van der Waals surface area contributed by atoms with Crippen molar-refractivity contribution >= 4 is 7.85 Å². The summed E-state index contributed by atoms with van der Waals surface area (Å²) in [5.41, 5.74) is 2.33. The van der Waals surface area contributed by atoms with Gasteiger partial charge in [-0.1, -0.05) is 51.1 Å². The Morgan fingerprint density at radius 3 is 2.16 bits per heavy atom. The van der Waals surface area contributed by atoms with E-state index >= 15 is 0 Å². The topological polar surface area (TPSA) is 58.3 Å². The number of aromatic nitrogens is 2. The molecule has 0 amide bonds. The highest BCUT2D eigenvalue weighted by Crippen LogP contribution is 2.32. The van der Waals surface area contributed by atoms with Crippen molar-refractivity contribution in [3.8, 4) is 11.1 Å². The molecule has 2 aromatic rings. The number of nitrogens with zero attached hydrogens (tertiary/aromatic N) is 2. The van der Waals surface area contributed by atoms with Crippen LogP contribution in [0.3, 0.4) is 0 Å². The van der Waals surface area contributed by atoms with Gasteiger partial charge in [0.05, 0.1) is 5.69 Å². The van der Waals surface area contributed by atoms with Gasteiger partial charge in [0, 0.05) is 17.2 Å². The summed E-state index contributed by atoms with van der Waals surface area (Å²) in [7, 11) is 5.27. The lowest BCUT2D eigenvalue weighted by molar-refractivity contribution is -0.160. The van der Waals surface area contributed by atoms with Gasteiger partial charge in [0.2, 0.25) is 5.81 Å². The van der Waals surface area contributed by atoms with Crippen LogP contribution < -0.4 is 0 Å². The van der Waals surface area contributed by atoms with E-state index in [1.807, 2.05) is 51.1 Å². The summed E-state index contributed by atoms with van der Waals surface area (Å²) in [4.78, 5) is 0. The third kappa shape index (κ3) is 2.88. The van der Waals surface area contributed by atoms with E-state index < -0.39 is 5.81 Å². The standard InChI is InChI=1S/C14H17BN2O2/c1-13(2,3)12-11(10-7-5-4-6-8-10)9-17(16-12)14(15,18)19/h4-9,18-19H,1-3H3. The summed E-state index contributed by atoms with van der Waals surface area (Å²) in [6, 6.07) is 9.67. The molecule has 0 bridgehead atoms. The maximum absolute atomic E-state index is 9.47. The maximum atomic E-state index is 9.47. The van der Waals surface area contributed by atoms with E-state index in [0.717, 1.165) is 21.5 Å². The predicted molar refractivity (Wildman–Crippen MR) is 74.5 cm³/mol. The van der Waals surface area contributed by atoms with Crippen molar-refractivity contribution in [2.24, 2.45) is 0 Å². The molecule has 2 rings (SSSR count). The largest absolute Gasteiger partial charge is 0.356 e. The molecule has 4 nitrogen and oxygen atoms in total. The quantitative estimate of drug-likeness (QED) is 0.633. The second kappa shape index (κ2) is 4.51. The van der Waals surface area contributed by atoms with Gasteiger partial charge in [-0.25, -0.2) is 4.68 Å². The van der Waals surface area contributed by atoms with Crippen LogP contribution in [-0.4, -0.2) is 27.8 Å².